The SMILES string of the molecule is C=CC[C@@H](CC(=O)N(CC(C)C)[C@@H](Cc1ccccc1)C(=O)O)C(=O)O. The van der Waals surface area contributed by atoms with Crippen molar-refractivity contribution in [3.63, 3.8) is 0 Å². The molecule has 0 radical (unpaired) electrons. The van der Waals surface area contributed by atoms with Gasteiger partial charge in [0.15, 0.2) is 0 Å². The lowest BCUT2D eigenvalue weighted by Gasteiger charge is -2.31. The van der Waals surface area contributed by atoms with E-state index in [-0.39, 0.29) is 31.7 Å². The molecular formula is C20H27NO5. The summed E-state index contributed by atoms with van der Waals surface area (Å²) in [6.45, 7) is 7.55. The van der Waals surface area contributed by atoms with Crippen LogP contribution in [0.1, 0.15) is 32.3 Å². The topological polar surface area (TPSA) is 94.9 Å². The Kier molecular flexibility index (Phi) is 8.55. The fraction of sp³-hybridized carbons (Fsp3) is 0.450. The van der Waals surface area contributed by atoms with Crippen LogP contribution >= 0.6 is 0 Å². The van der Waals surface area contributed by atoms with E-state index in [0.29, 0.717) is 0 Å². The highest BCUT2D eigenvalue weighted by Crippen LogP contribution is 2.18. The molecule has 2 atom stereocenters. The lowest BCUT2D eigenvalue weighted by molar-refractivity contribution is -0.152. The standard InChI is InChI=1S/C20H27NO5/c1-4-8-16(19(23)24)12-18(22)21(13-14(2)3)17(20(25)26)11-15-9-6-5-7-10-15/h4-7,9-10,14,16-17H,1,8,11-13H2,2-3H3,(H,23,24)(H,25,26)/t16-,17-/m0/s1. The van der Waals surface area contributed by atoms with Gasteiger partial charge < -0.3 is 15.1 Å². The summed E-state index contributed by atoms with van der Waals surface area (Å²) in [6.07, 6.45) is 1.55. The number of carboxylic acids is 2. The molecule has 0 bridgehead atoms. The van der Waals surface area contributed by atoms with Gasteiger partial charge in [0.2, 0.25) is 5.91 Å². The number of allylic oxidation sites excluding steroid dienone is 1. The van der Waals surface area contributed by atoms with E-state index in [1.165, 1.54) is 11.0 Å². The first kappa shape index (κ1) is 21.4. The van der Waals surface area contributed by atoms with Gasteiger partial charge in [-0.3, -0.25) is 9.59 Å². The predicted octanol–water partition coefficient (Wildman–Crippen LogP) is 2.83. The quantitative estimate of drug-likeness (QED) is 0.591. The van der Waals surface area contributed by atoms with E-state index >= 15 is 0 Å². The van der Waals surface area contributed by atoms with E-state index in [9.17, 15) is 24.6 Å². The van der Waals surface area contributed by atoms with Crippen molar-refractivity contribution in [3.8, 4) is 0 Å². The van der Waals surface area contributed by atoms with Crippen LogP contribution in [0.15, 0.2) is 43.0 Å². The predicted molar refractivity (Wildman–Crippen MR) is 98.7 cm³/mol. The molecule has 0 spiro atoms. The molecule has 1 aromatic rings. The number of hydrogen-bond donors (Lipinski definition) is 2. The molecule has 6 heteroatoms. The molecule has 142 valence electrons. The number of carboxylic acid groups (broad SMARTS) is 2. The second-order valence-electron chi connectivity index (χ2n) is 6.75. The zero-order valence-electron chi connectivity index (χ0n) is 15.3. The van der Waals surface area contributed by atoms with Gasteiger partial charge in [-0.25, -0.2) is 4.79 Å². The summed E-state index contributed by atoms with van der Waals surface area (Å²) in [4.78, 5) is 37.3. The third-order valence-corrected chi connectivity index (χ3v) is 4.04. The largest absolute Gasteiger partial charge is 0.481 e. The number of hydrogen-bond acceptors (Lipinski definition) is 3. The summed E-state index contributed by atoms with van der Waals surface area (Å²) < 4.78 is 0. The van der Waals surface area contributed by atoms with Gasteiger partial charge in [0.05, 0.1) is 5.92 Å². The van der Waals surface area contributed by atoms with Crippen LogP contribution in [0.2, 0.25) is 0 Å². The Hall–Kier alpha value is -2.63. The van der Waals surface area contributed by atoms with Crippen molar-refractivity contribution in [1.29, 1.82) is 0 Å². The molecule has 26 heavy (non-hydrogen) atoms. The highest BCUT2D eigenvalue weighted by atomic mass is 16.4. The number of rotatable bonds is 11. The zero-order valence-corrected chi connectivity index (χ0v) is 15.3. The highest BCUT2D eigenvalue weighted by molar-refractivity contribution is 5.86. The number of carbonyl (C=O) groups is 3. The Labute approximate surface area is 154 Å². The monoisotopic (exact) mass is 361 g/mol. The average Bonchev–Trinajstić information content (AvgIpc) is 2.57. The van der Waals surface area contributed by atoms with Gasteiger partial charge in [-0.05, 0) is 17.9 Å². The van der Waals surface area contributed by atoms with Crippen LogP contribution in [0.25, 0.3) is 0 Å². The lowest BCUT2D eigenvalue weighted by Crippen LogP contribution is -2.48. The maximum absolute atomic E-state index is 12.8. The van der Waals surface area contributed by atoms with Crippen LogP contribution in [0.3, 0.4) is 0 Å². The minimum absolute atomic E-state index is 0.0549. The number of nitrogens with zero attached hydrogens (tertiary/aromatic N) is 1. The Balaban J connectivity index is 3.06. The van der Waals surface area contributed by atoms with Crippen LogP contribution in [0, 0.1) is 11.8 Å². The molecule has 1 aromatic carbocycles. The average molecular weight is 361 g/mol. The molecule has 0 heterocycles. The number of amides is 1. The molecule has 0 aliphatic carbocycles. The Morgan fingerprint density at radius 1 is 1.12 bits per heavy atom. The molecule has 0 aliphatic heterocycles. The lowest BCUT2D eigenvalue weighted by atomic mass is 9.98. The Morgan fingerprint density at radius 2 is 1.73 bits per heavy atom. The highest BCUT2D eigenvalue weighted by Gasteiger charge is 2.32. The first-order chi connectivity index (χ1) is 12.3. The maximum Gasteiger partial charge on any atom is 0.326 e. The fourth-order valence-electron chi connectivity index (χ4n) is 2.77. The molecule has 0 fully saturated rings. The number of benzene rings is 1. The van der Waals surface area contributed by atoms with Crippen LogP contribution in [-0.4, -0.2) is 45.5 Å². The van der Waals surface area contributed by atoms with E-state index in [0.717, 1.165) is 5.56 Å². The van der Waals surface area contributed by atoms with E-state index in [1.54, 1.807) is 0 Å². The van der Waals surface area contributed by atoms with Crippen LogP contribution in [0.5, 0.6) is 0 Å². The minimum atomic E-state index is -1.10. The van der Waals surface area contributed by atoms with Crippen molar-refractivity contribution in [2.24, 2.45) is 11.8 Å². The molecule has 2 N–H and O–H groups in total. The van der Waals surface area contributed by atoms with Gasteiger partial charge in [-0.15, -0.1) is 6.58 Å². The van der Waals surface area contributed by atoms with Gasteiger partial charge in [0.25, 0.3) is 0 Å². The Morgan fingerprint density at radius 3 is 2.19 bits per heavy atom. The van der Waals surface area contributed by atoms with E-state index in [4.69, 9.17) is 0 Å². The minimum Gasteiger partial charge on any atom is -0.481 e. The molecule has 0 unspecified atom stereocenters. The van der Waals surface area contributed by atoms with Crippen molar-refractivity contribution < 1.29 is 24.6 Å². The van der Waals surface area contributed by atoms with Crippen molar-refractivity contribution in [2.75, 3.05) is 6.54 Å². The zero-order chi connectivity index (χ0) is 19.7. The van der Waals surface area contributed by atoms with Gasteiger partial charge in [0, 0.05) is 19.4 Å². The van der Waals surface area contributed by atoms with Crippen molar-refractivity contribution in [3.05, 3.63) is 48.6 Å². The second-order valence-corrected chi connectivity index (χ2v) is 6.75. The van der Waals surface area contributed by atoms with Crippen molar-refractivity contribution in [2.45, 2.75) is 39.2 Å². The normalized spacial score (nSPS) is 13.0. The van der Waals surface area contributed by atoms with Crippen molar-refractivity contribution in [1.82, 2.24) is 4.90 Å². The molecule has 1 rings (SSSR count). The molecule has 0 aliphatic rings. The van der Waals surface area contributed by atoms with Gasteiger partial charge >= 0.3 is 11.9 Å². The second kappa shape index (κ2) is 10.4. The first-order valence-electron chi connectivity index (χ1n) is 8.66. The molecule has 1 amide bonds. The summed E-state index contributed by atoms with van der Waals surface area (Å²) >= 11 is 0. The molecular weight excluding hydrogens is 334 g/mol. The van der Waals surface area contributed by atoms with E-state index in [2.05, 4.69) is 6.58 Å². The number of aliphatic carboxylic acids is 2. The molecule has 0 aromatic heterocycles. The molecule has 0 saturated heterocycles. The summed E-state index contributed by atoms with van der Waals surface area (Å²) in [5.41, 5.74) is 0.808. The van der Waals surface area contributed by atoms with Crippen molar-refractivity contribution >= 4 is 17.8 Å². The van der Waals surface area contributed by atoms with Crippen LogP contribution in [-0.2, 0) is 20.8 Å². The smallest absolute Gasteiger partial charge is 0.326 e. The van der Waals surface area contributed by atoms with E-state index < -0.39 is 29.8 Å². The molecule has 6 nitrogen and oxygen atoms in total. The van der Waals surface area contributed by atoms with Gasteiger partial charge in [-0.2, -0.15) is 0 Å². The van der Waals surface area contributed by atoms with Crippen LogP contribution < -0.4 is 0 Å². The fourth-order valence-corrected chi connectivity index (χ4v) is 2.77. The number of carbonyl (C=O) groups excluding carboxylic acids is 1. The first-order valence-corrected chi connectivity index (χ1v) is 8.66. The van der Waals surface area contributed by atoms with E-state index in [1.807, 2.05) is 44.2 Å². The van der Waals surface area contributed by atoms with Gasteiger partial charge in [-0.1, -0.05) is 50.3 Å². The molecule has 0 saturated carbocycles. The summed E-state index contributed by atoms with van der Waals surface area (Å²) in [5, 5.41) is 19.0. The summed E-state index contributed by atoms with van der Waals surface area (Å²) in [7, 11) is 0. The summed E-state index contributed by atoms with van der Waals surface area (Å²) in [5.74, 6) is -3.49. The maximum atomic E-state index is 12.8. The third kappa shape index (κ3) is 6.70. The summed E-state index contributed by atoms with van der Waals surface area (Å²) in [6, 6.07) is 8.05. The van der Waals surface area contributed by atoms with Gasteiger partial charge in [0.1, 0.15) is 6.04 Å². The Bertz CT molecular complexity index is 626. The van der Waals surface area contributed by atoms with Crippen LogP contribution in [0.4, 0.5) is 0 Å². The third-order valence-electron chi connectivity index (χ3n) is 4.04.